The van der Waals surface area contributed by atoms with Crippen LogP contribution in [-0.2, 0) is 23.2 Å². The third-order valence-corrected chi connectivity index (χ3v) is 24.6. The molecule has 1 saturated heterocycles. The Kier molecular flexibility index (Phi) is 37.5. The van der Waals surface area contributed by atoms with Gasteiger partial charge in [0, 0.05) is 76.3 Å². The number of aliphatic hydroxyl groups is 2. The molecule has 6 N–H and O–H groups in total. The van der Waals surface area contributed by atoms with Crippen LogP contribution in [0, 0.1) is 21.7 Å². The SMILES string of the molecule is CC(=O)[O-].CCC(O)COCCC[Si](C)(C)O[Si](C)(C)CCCOCC(O)C[N+](C)(C)CCCNC(=O)NC1CC(C)(C)CC(C)(CN2C(=O)N(CC3(C)CC(NC(=O)NCCC[N+](C)(C)C)CC(C)(C)C3)C2=O)C1.CCCCCCCCCCCC(=O)[O-]. The number of nitrogens with zero attached hydrogens (tertiary/aromatic N) is 4. The van der Waals surface area contributed by atoms with Crippen LogP contribution < -0.4 is 31.5 Å². The molecule has 0 aromatic carbocycles. The third kappa shape index (κ3) is 39.7. The van der Waals surface area contributed by atoms with E-state index in [9.17, 15) is 39.3 Å². The molecule has 1 heterocycles. The molecule has 6 unspecified atom stereocenters. The van der Waals surface area contributed by atoms with E-state index in [1.165, 1.54) is 54.7 Å². The van der Waals surface area contributed by atoms with E-state index in [1.807, 2.05) is 6.92 Å². The van der Waals surface area contributed by atoms with Gasteiger partial charge in [-0.15, -0.1) is 0 Å². The lowest BCUT2D eigenvalue weighted by molar-refractivity contribution is -0.893. The molecular formula is C66H132N8O13Si2. The van der Waals surface area contributed by atoms with Crippen LogP contribution in [0.4, 0.5) is 19.2 Å². The van der Waals surface area contributed by atoms with Crippen LogP contribution in [0.15, 0.2) is 0 Å². The Morgan fingerprint density at radius 2 is 1.00 bits per heavy atom. The maximum Gasteiger partial charge on any atom is 0.336 e. The number of hydrogen-bond donors (Lipinski definition) is 6. The average Bonchev–Trinajstić information content (AvgIpc) is 0.760. The number of unbranched alkanes of at least 4 members (excludes halogenated alkanes) is 8. The fourth-order valence-electron chi connectivity index (χ4n) is 14.0. The van der Waals surface area contributed by atoms with E-state index in [0.717, 1.165) is 101 Å². The Hall–Kier alpha value is -3.43. The Morgan fingerprint density at radius 3 is 1.39 bits per heavy atom. The van der Waals surface area contributed by atoms with Crippen LogP contribution in [-0.4, -0.2) is 213 Å². The van der Waals surface area contributed by atoms with Crippen molar-refractivity contribution in [1.82, 2.24) is 31.1 Å². The van der Waals surface area contributed by atoms with Gasteiger partial charge in [-0.2, -0.15) is 0 Å². The molecule has 0 spiro atoms. The first-order chi connectivity index (χ1) is 41.0. The van der Waals surface area contributed by atoms with Gasteiger partial charge in [0.1, 0.15) is 12.6 Å². The maximum absolute atomic E-state index is 13.8. The fourth-order valence-corrected chi connectivity index (χ4v) is 22.8. The zero-order valence-electron chi connectivity index (χ0n) is 59.5. The van der Waals surface area contributed by atoms with E-state index >= 15 is 0 Å². The predicted octanol–water partition coefficient (Wildman–Crippen LogP) is 8.96. The lowest BCUT2D eigenvalue weighted by Gasteiger charge is -2.53. The molecule has 3 aliphatic rings. The number of urea groups is 4. The number of quaternary nitrogens is 2. The van der Waals surface area contributed by atoms with Crippen molar-refractivity contribution in [3.63, 3.8) is 0 Å². The van der Waals surface area contributed by atoms with E-state index in [-0.39, 0.29) is 77.0 Å². The van der Waals surface area contributed by atoms with Crippen molar-refractivity contribution in [2.24, 2.45) is 21.7 Å². The number of amides is 8. The number of nitrogens with one attached hydrogen (secondary N) is 4. The van der Waals surface area contributed by atoms with Crippen LogP contribution >= 0.6 is 0 Å². The Bertz CT molecular complexity index is 2080. The number of likely N-dealkylation sites (N-methyl/N-ethyl adjacent to an activating group) is 1. The van der Waals surface area contributed by atoms with Crippen molar-refractivity contribution in [2.75, 3.05) is 107 Å². The minimum Gasteiger partial charge on any atom is -0.550 e. The third-order valence-electron chi connectivity index (χ3n) is 17.0. The molecule has 2 saturated carbocycles. The number of carboxylic acid groups (broad SMARTS) is 2. The largest absolute Gasteiger partial charge is 0.550 e. The molecule has 0 aromatic heterocycles. The Balaban J connectivity index is 0.00000190. The van der Waals surface area contributed by atoms with Crippen LogP contribution in [0.1, 0.15) is 197 Å². The summed E-state index contributed by atoms with van der Waals surface area (Å²) in [5, 5.41) is 52.0. The smallest absolute Gasteiger partial charge is 0.336 e. The lowest BCUT2D eigenvalue weighted by Crippen LogP contribution is -2.68. The number of hydrogen-bond acceptors (Lipinski definition) is 13. The molecule has 3 rings (SSSR count). The molecule has 21 nitrogen and oxygen atoms in total. The summed E-state index contributed by atoms with van der Waals surface area (Å²) in [6.07, 6.45) is 19.0. The van der Waals surface area contributed by atoms with E-state index in [2.05, 4.69) is 131 Å². The van der Waals surface area contributed by atoms with Crippen LogP contribution in [0.25, 0.3) is 0 Å². The van der Waals surface area contributed by atoms with E-state index in [1.54, 1.807) is 0 Å². The number of carboxylic acids is 2. The van der Waals surface area contributed by atoms with Crippen LogP contribution in [0.5, 0.6) is 0 Å². The van der Waals surface area contributed by atoms with Crippen molar-refractivity contribution in [2.45, 2.75) is 260 Å². The number of rotatable bonds is 41. The van der Waals surface area contributed by atoms with Gasteiger partial charge in [-0.3, -0.25) is 0 Å². The van der Waals surface area contributed by atoms with E-state index in [0.29, 0.717) is 76.3 Å². The molecule has 1 aliphatic heterocycles. The predicted molar refractivity (Wildman–Crippen MR) is 357 cm³/mol. The minimum absolute atomic E-state index is 0.0663. The standard InChI is InChI=1S/C52H104N8O9Si2.C12H24O2.C2H4O2/c1-17-43(61)35-67-26-20-28-70(13,14)69-71(15,16)29-21-27-68-36-44(62)34-60(11,12)25-19-23-54-46(64)56-42-31-50(4,5)38-52(7,33-42)40-58-47(65)57(48(58)66)39-51(6)32-41(30-49(2,3)37-51)55-45(63)53-22-18-24-59(8,9)10;1-2-3-4-5-6-7-8-9-10-11-12(13)14;1-2(3)4/h41-44,61-62H,17-40H2,1-16H3,(H2-2,53,54,55,56,63,64);2-11H2,1H3,(H,13,14);1H3,(H,3,4). The number of carbonyl (C=O) groups is 6. The lowest BCUT2D eigenvalue weighted by atomic mass is 9.62. The second-order valence-electron chi connectivity index (χ2n) is 31.8. The zero-order chi connectivity index (χ0) is 67.9. The van der Waals surface area contributed by atoms with Gasteiger partial charge in [-0.1, -0.05) is 107 Å². The average molecular weight is 1300 g/mol. The summed E-state index contributed by atoms with van der Waals surface area (Å²) in [4.78, 5) is 75.4. The number of ether oxygens (including phenoxy) is 2. The highest BCUT2D eigenvalue weighted by molar-refractivity contribution is 6.84. The Labute approximate surface area is 542 Å². The van der Waals surface area contributed by atoms with Crippen molar-refractivity contribution in [3.8, 4) is 0 Å². The monoisotopic (exact) mass is 1300 g/mol. The van der Waals surface area contributed by atoms with Crippen molar-refractivity contribution >= 4 is 52.7 Å². The first-order valence-electron chi connectivity index (χ1n) is 34.0. The summed E-state index contributed by atoms with van der Waals surface area (Å²) in [5.74, 6) is -1.99. The van der Waals surface area contributed by atoms with E-state index < -0.39 is 34.7 Å². The van der Waals surface area contributed by atoms with Gasteiger partial charge in [-0.05, 0) is 137 Å². The number of aliphatic hydroxyl groups excluding tert-OH is 2. The van der Waals surface area contributed by atoms with Crippen molar-refractivity contribution < 1.29 is 71.7 Å². The Morgan fingerprint density at radius 1 is 0.607 bits per heavy atom. The summed E-state index contributed by atoms with van der Waals surface area (Å²) in [6.45, 7) is 33.2. The van der Waals surface area contributed by atoms with Crippen LogP contribution in [0.3, 0.4) is 0 Å². The van der Waals surface area contributed by atoms with Gasteiger partial charge in [-0.25, -0.2) is 29.0 Å². The van der Waals surface area contributed by atoms with Crippen molar-refractivity contribution in [1.29, 1.82) is 0 Å². The summed E-state index contributed by atoms with van der Waals surface area (Å²) in [7, 11) is 6.89. The topological polar surface area (TPSA) is 271 Å². The van der Waals surface area contributed by atoms with Gasteiger partial charge >= 0.3 is 24.1 Å². The van der Waals surface area contributed by atoms with Gasteiger partial charge in [0.25, 0.3) is 0 Å². The highest BCUT2D eigenvalue weighted by Gasteiger charge is 2.53. The highest BCUT2D eigenvalue weighted by Crippen LogP contribution is 2.49. The van der Waals surface area contributed by atoms with Crippen molar-refractivity contribution in [3.05, 3.63) is 0 Å². The fraction of sp³-hybridized carbons (Fsp3) is 0.909. The molecule has 2 aliphatic carbocycles. The summed E-state index contributed by atoms with van der Waals surface area (Å²) >= 11 is 0. The molecule has 23 heteroatoms. The normalized spacial score (nSPS) is 21.7. The summed E-state index contributed by atoms with van der Waals surface area (Å²) in [6, 6.07) is 0.921. The molecule has 8 amide bonds. The second-order valence-corrected chi connectivity index (χ2v) is 40.6. The maximum atomic E-state index is 13.8. The number of carbonyl (C=O) groups excluding carboxylic acids is 6. The molecule has 0 aromatic rings. The van der Waals surface area contributed by atoms with E-state index in [4.69, 9.17) is 23.5 Å². The van der Waals surface area contributed by atoms with Gasteiger partial charge < -0.3 is 73.8 Å². The molecule has 522 valence electrons. The second kappa shape index (κ2) is 40.0. The first-order valence-corrected chi connectivity index (χ1v) is 40.2. The minimum atomic E-state index is -1.87. The molecule has 0 radical (unpaired) electrons. The molecule has 0 bridgehead atoms. The zero-order valence-corrected chi connectivity index (χ0v) is 61.5. The molecule has 89 heavy (non-hydrogen) atoms. The van der Waals surface area contributed by atoms with Gasteiger partial charge in [0.15, 0.2) is 16.6 Å². The summed E-state index contributed by atoms with van der Waals surface area (Å²) < 4.78 is 19.7. The number of aliphatic carboxylic acids is 2. The number of imide groups is 2. The summed E-state index contributed by atoms with van der Waals surface area (Å²) in [5.41, 5.74) is -0.920. The van der Waals surface area contributed by atoms with Crippen LogP contribution in [0.2, 0.25) is 38.3 Å². The van der Waals surface area contributed by atoms with Gasteiger partial charge in [0.05, 0.1) is 67.6 Å². The highest BCUT2D eigenvalue weighted by atomic mass is 28.4. The quantitative estimate of drug-likeness (QED) is 0.0190. The first kappa shape index (κ1) is 83.6. The molecule has 3 fully saturated rings. The molecule has 6 atom stereocenters. The molecular weight excluding hydrogens is 1170 g/mol. The van der Waals surface area contributed by atoms with Gasteiger partial charge in [0.2, 0.25) is 0 Å².